The Morgan fingerprint density at radius 2 is 1.60 bits per heavy atom. The molecule has 0 unspecified atom stereocenters. The van der Waals surface area contributed by atoms with Gasteiger partial charge in [0.05, 0.1) is 28.7 Å². The highest BCUT2D eigenvalue weighted by Crippen LogP contribution is 2.28. The van der Waals surface area contributed by atoms with Crippen molar-refractivity contribution in [3.8, 4) is 0 Å². The molecule has 0 spiro atoms. The predicted molar refractivity (Wildman–Crippen MR) is 90.2 cm³/mol. The van der Waals surface area contributed by atoms with Crippen LogP contribution in [0, 0.1) is 0 Å². The molecule has 0 aliphatic carbocycles. The molecule has 1 aromatic heterocycles. The highest BCUT2D eigenvalue weighted by atomic mass is 32.2. The van der Waals surface area contributed by atoms with E-state index in [1.54, 1.807) is 0 Å². The fourth-order valence-corrected chi connectivity index (χ4v) is 5.66. The molecule has 3 N–H and O–H groups in total. The van der Waals surface area contributed by atoms with Crippen molar-refractivity contribution in [1.82, 2.24) is 5.32 Å². The van der Waals surface area contributed by atoms with E-state index in [0.29, 0.717) is 4.88 Å². The number of aliphatic hydroxyl groups is 1. The maximum absolute atomic E-state index is 12.6. The van der Waals surface area contributed by atoms with Gasteiger partial charge < -0.3 is 15.5 Å². The van der Waals surface area contributed by atoms with Gasteiger partial charge in [-0.1, -0.05) is 0 Å². The number of carbonyl (C=O) groups is 1. The first kappa shape index (κ1) is 19.4. The van der Waals surface area contributed by atoms with E-state index in [4.69, 9.17) is 10.2 Å². The molecule has 0 fully saturated rings. The van der Waals surface area contributed by atoms with E-state index in [2.05, 4.69) is 5.32 Å². The Kier molecular flexibility index (Phi) is 5.83. The maximum Gasteiger partial charge on any atom is 0.404 e. The fourth-order valence-electron chi connectivity index (χ4n) is 1.94. The number of hydrogen-bond acceptors (Lipinski definition) is 7. The van der Waals surface area contributed by atoms with Crippen molar-refractivity contribution in [1.29, 1.82) is 0 Å². The molecule has 0 aliphatic rings. The van der Waals surface area contributed by atoms with Crippen LogP contribution in [0.4, 0.5) is 4.79 Å². The summed E-state index contributed by atoms with van der Waals surface area (Å²) in [5.41, 5.74) is 0. The van der Waals surface area contributed by atoms with Crippen LogP contribution in [0.15, 0.2) is 50.4 Å². The number of amides is 1. The normalized spacial score (nSPS) is 12.0. The van der Waals surface area contributed by atoms with Gasteiger partial charge in [0, 0.05) is 4.88 Å². The summed E-state index contributed by atoms with van der Waals surface area (Å²) >= 11 is 0.929. The first-order chi connectivity index (χ1) is 11.7. The molecular weight excluding hydrogens is 390 g/mol. The Balaban J connectivity index is 2.27. The number of sulfone groups is 2. The minimum absolute atomic E-state index is 0.00609. The second-order valence-electron chi connectivity index (χ2n) is 4.90. The molecule has 1 amide bonds. The summed E-state index contributed by atoms with van der Waals surface area (Å²) in [5.74, 6) is -0.441. The number of rotatable bonds is 7. The average molecular weight is 405 g/mol. The Morgan fingerprint density at radius 1 is 1.00 bits per heavy atom. The lowest BCUT2D eigenvalue weighted by atomic mass is 10.4. The second kappa shape index (κ2) is 7.52. The molecule has 0 atom stereocenters. The lowest BCUT2D eigenvalue weighted by molar-refractivity contribution is 0.194. The van der Waals surface area contributed by atoms with Gasteiger partial charge in [0.15, 0.2) is 9.84 Å². The third kappa shape index (κ3) is 4.57. The van der Waals surface area contributed by atoms with Crippen LogP contribution in [-0.2, 0) is 26.2 Å². The maximum atomic E-state index is 12.6. The summed E-state index contributed by atoms with van der Waals surface area (Å²) < 4.78 is 48.8. The molecule has 8 nitrogen and oxygen atoms in total. The smallest absolute Gasteiger partial charge is 0.404 e. The highest BCUT2D eigenvalue weighted by Gasteiger charge is 2.21. The molecule has 11 heteroatoms. The van der Waals surface area contributed by atoms with Gasteiger partial charge in [-0.3, -0.25) is 0 Å². The summed E-state index contributed by atoms with van der Waals surface area (Å²) in [4.78, 5) is 10.9. The van der Waals surface area contributed by atoms with Gasteiger partial charge in [-0.05, 0) is 36.4 Å². The van der Waals surface area contributed by atoms with Crippen molar-refractivity contribution in [3.05, 3.63) is 41.3 Å². The topological polar surface area (TPSA) is 138 Å². The first-order valence-corrected chi connectivity index (χ1v) is 10.9. The third-order valence-electron chi connectivity index (χ3n) is 3.17. The van der Waals surface area contributed by atoms with Gasteiger partial charge in [-0.2, -0.15) is 0 Å². The molecule has 136 valence electrons. The fraction of sp³-hybridized carbons (Fsp3) is 0.214. The minimum Gasteiger partial charge on any atom is -0.465 e. The highest BCUT2D eigenvalue weighted by molar-refractivity contribution is 7.93. The molecule has 0 bridgehead atoms. The Hall–Kier alpha value is -1.95. The number of thiophene rings is 1. The van der Waals surface area contributed by atoms with Crippen molar-refractivity contribution >= 4 is 37.1 Å². The van der Waals surface area contributed by atoms with Crippen molar-refractivity contribution < 1.29 is 31.8 Å². The first-order valence-electron chi connectivity index (χ1n) is 6.91. The van der Waals surface area contributed by atoms with Crippen molar-refractivity contribution in [2.75, 3.05) is 12.4 Å². The molecule has 1 aromatic carbocycles. The van der Waals surface area contributed by atoms with Crippen molar-refractivity contribution in [3.63, 3.8) is 0 Å². The van der Waals surface area contributed by atoms with Gasteiger partial charge in [0.2, 0.25) is 9.84 Å². The van der Waals surface area contributed by atoms with E-state index in [1.165, 1.54) is 36.4 Å². The molecule has 2 rings (SSSR count). The molecule has 1 heterocycles. The van der Waals surface area contributed by atoms with E-state index in [0.717, 1.165) is 11.3 Å². The summed E-state index contributed by atoms with van der Waals surface area (Å²) in [5, 5.41) is 19.5. The zero-order valence-electron chi connectivity index (χ0n) is 12.7. The quantitative estimate of drug-likeness (QED) is 0.627. The Morgan fingerprint density at radius 3 is 2.16 bits per heavy atom. The Labute approximate surface area is 148 Å². The number of hydrogen-bond donors (Lipinski definition) is 3. The summed E-state index contributed by atoms with van der Waals surface area (Å²) in [6, 6.07) is 7.61. The molecule has 25 heavy (non-hydrogen) atoms. The Bertz CT molecular complexity index is 960. The van der Waals surface area contributed by atoms with E-state index < -0.39 is 38.1 Å². The standard InChI is InChI=1S/C14H15NO7S3/c16-7-8-24(19,20)11-2-4-12(5-3-11)25(21,22)13-6-1-10(23-13)9-15-14(17)18/h1-6,15-16H,7-9H2,(H,17,18). The van der Waals surface area contributed by atoms with E-state index >= 15 is 0 Å². The monoisotopic (exact) mass is 405 g/mol. The second-order valence-corrected chi connectivity index (χ2v) is 10.4. The molecule has 0 aliphatic heterocycles. The van der Waals surface area contributed by atoms with Crippen LogP contribution in [0.3, 0.4) is 0 Å². The van der Waals surface area contributed by atoms with Gasteiger partial charge in [0.1, 0.15) is 4.21 Å². The van der Waals surface area contributed by atoms with Crippen molar-refractivity contribution in [2.24, 2.45) is 0 Å². The summed E-state index contributed by atoms with van der Waals surface area (Å²) in [7, 11) is -7.49. The number of carboxylic acid groups (broad SMARTS) is 1. The zero-order valence-corrected chi connectivity index (χ0v) is 15.2. The largest absolute Gasteiger partial charge is 0.465 e. The van der Waals surface area contributed by atoms with Crippen LogP contribution >= 0.6 is 11.3 Å². The molecule has 0 saturated carbocycles. The molecule has 2 aromatic rings. The lowest BCUT2D eigenvalue weighted by Crippen LogP contribution is -2.19. The van der Waals surface area contributed by atoms with E-state index in [-0.39, 0.29) is 20.5 Å². The van der Waals surface area contributed by atoms with Gasteiger partial charge in [0.25, 0.3) is 0 Å². The van der Waals surface area contributed by atoms with E-state index in [1.807, 2.05) is 0 Å². The van der Waals surface area contributed by atoms with Gasteiger partial charge in [-0.25, -0.2) is 21.6 Å². The number of aliphatic hydroxyl groups excluding tert-OH is 1. The van der Waals surface area contributed by atoms with Gasteiger partial charge in [-0.15, -0.1) is 11.3 Å². The lowest BCUT2D eigenvalue weighted by Gasteiger charge is -2.05. The van der Waals surface area contributed by atoms with Crippen LogP contribution in [0.1, 0.15) is 4.88 Å². The van der Waals surface area contributed by atoms with E-state index in [9.17, 15) is 21.6 Å². The molecule has 0 saturated heterocycles. The summed E-state index contributed by atoms with van der Waals surface area (Å²) in [6.07, 6.45) is -1.21. The van der Waals surface area contributed by atoms with Gasteiger partial charge >= 0.3 is 6.09 Å². The van der Waals surface area contributed by atoms with Crippen LogP contribution < -0.4 is 5.32 Å². The van der Waals surface area contributed by atoms with Crippen LogP contribution in [-0.4, -0.2) is 45.5 Å². The molecule has 0 radical (unpaired) electrons. The SMILES string of the molecule is O=C(O)NCc1ccc(S(=O)(=O)c2ccc(S(=O)(=O)CCO)cc2)s1. The third-order valence-corrected chi connectivity index (χ3v) is 8.23. The van der Waals surface area contributed by atoms with Crippen molar-refractivity contribution in [2.45, 2.75) is 20.5 Å². The number of benzene rings is 1. The van der Waals surface area contributed by atoms with Crippen LogP contribution in [0.25, 0.3) is 0 Å². The van der Waals surface area contributed by atoms with Crippen LogP contribution in [0.5, 0.6) is 0 Å². The zero-order chi connectivity index (χ0) is 18.7. The number of nitrogens with one attached hydrogen (secondary N) is 1. The minimum atomic E-state index is -3.83. The summed E-state index contributed by atoms with van der Waals surface area (Å²) in [6.45, 7) is -0.529. The average Bonchev–Trinajstić information content (AvgIpc) is 3.03. The van der Waals surface area contributed by atoms with Crippen LogP contribution in [0.2, 0.25) is 0 Å². The molecular formula is C14H15NO7S3. The predicted octanol–water partition coefficient (Wildman–Crippen LogP) is 1.11.